The van der Waals surface area contributed by atoms with Crippen LogP contribution in [0.2, 0.25) is 0 Å². The standard InChI is InChI=1S/C19H23F3O2/c20-19(21,22)17-12-10-16(11-13-17)9-8-15-6-4-14(5-7-15)2-1-3-18(23)24/h1,3,10-15H,2,4-9H2,(H,23,24)/b3-1+/t14-,15-. The molecule has 1 aromatic carbocycles. The van der Waals surface area contributed by atoms with Crippen LogP contribution in [0.15, 0.2) is 36.4 Å². The van der Waals surface area contributed by atoms with E-state index in [2.05, 4.69) is 0 Å². The van der Waals surface area contributed by atoms with E-state index < -0.39 is 17.7 Å². The van der Waals surface area contributed by atoms with E-state index in [1.807, 2.05) is 0 Å². The van der Waals surface area contributed by atoms with Gasteiger partial charge in [-0.2, -0.15) is 13.2 Å². The Hall–Kier alpha value is -1.78. The maximum Gasteiger partial charge on any atom is 0.416 e. The Labute approximate surface area is 140 Å². The number of benzene rings is 1. The number of alkyl halides is 3. The second kappa shape index (κ2) is 8.36. The van der Waals surface area contributed by atoms with Gasteiger partial charge in [-0.15, -0.1) is 0 Å². The molecule has 0 bridgehead atoms. The molecule has 0 atom stereocenters. The molecule has 1 saturated carbocycles. The maximum atomic E-state index is 12.5. The molecule has 0 radical (unpaired) electrons. The number of hydrogen-bond donors (Lipinski definition) is 1. The maximum absolute atomic E-state index is 12.5. The largest absolute Gasteiger partial charge is 0.478 e. The lowest BCUT2D eigenvalue weighted by Crippen LogP contribution is -2.15. The Morgan fingerprint density at radius 1 is 1.08 bits per heavy atom. The summed E-state index contributed by atoms with van der Waals surface area (Å²) < 4.78 is 37.6. The van der Waals surface area contributed by atoms with E-state index in [1.54, 1.807) is 18.2 Å². The van der Waals surface area contributed by atoms with E-state index in [9.17, 15) is 18.0 Å². The SMILES string of the molecule is O=C(O)/C=C/C[C@H]1CC[C@H](CCc2ccc(C(F)(F)F)cc2)CC1. The lowest BCUT2D eigenvalue weighted by Gasteiger charge is -2.27. The molecular weight excluding hydrogens is 317 g/mol. The summed E-state index contributed by atoms with van der Waals surface area (Å²) in [7, 11) is 0. The van der Waals surface area contributed by atoms with Gasteiger partial charge in [0.15, 0.2) is 0 Å². The zero-order valence-electron chi connectivity index (χ0n) is 13.6. The summed E-state index contributed by atoms with van der Waals surface area (Å²) in [5.74, 6) is 0.273. The van der Waals surface area contributed by atoms with E-state index in [-0.39, 0.29) is 0 Å². The average molecular weight is 340 g/mol. The van der Waals surface area contributed by atoms with Gasteiger partial charge in [0.2, 0.25) is 0 Å². The summed E-state index contributed by atoms with van der Waals surface area (Å²) in [4.78, 5) is 10.4. The summed E-state index contributed by atoms with van der Waals surface area (Å²) in [5, 5.41) is 8.58. The highest BCUT2D eigenvalue weighted by Gasteiger charge is 2.30. The van der Waals surface area contributed by atoms with Crippen molar-refractivity contribution >= 4 is 5.97 Å². The van der Waals surface area contributed by atoms with Crippen molar-refractivity contribution < 1.29 is 23.1 Å². The van der Waals surface area contributed by atoms with Crippen molar-refractivity contribution in [2.75, 3.05) is 0 Å². The van der Waals surface area contributed by atoms with Gasteiger partial charge in [0.05, 0.1) is 5.56 Å². The summed E-state index contributed by atoms with van der Waals surface area (Å²) in [6, 6.07) is 5.46. The lowest BCUT2D eigenvalue weighted by atomic mass is 9.78. The molecule has 1 aliphatic rings. The quantitative estimate of drug-likeness (QED) is 0.697. The molecule has 0 amide bonds. The number of aryl methyl sites for hydroxylation is 1. The Balaban J connectivity index is 1.72. The van der Waals surface area contributed by atoms with E-state index in [4.69, 9.17) is 5.11 Å². The Bertz CT molecular complexity index is 553. The average Bonchev–Trinajstić information content (AvgIpc) is 2.53. The molecule has 0 saturated heterocycles. The molecule has 0 heterocycles. The van der Waals surface area contributed by atoms with Gasteiger partial charge in [-0.1, -0.05) is 31.1 Å². The molecule has 1 fully saturated rings. The number of allylic oxidation sites excluding steroid dienone is 1. The van der Waals surface area contributed by atoms with Crippen molar-refractivity contribution in [2.45, 2.75) is 51.1 Å². The highest BCUT2D eigenvalue weighted by molar-refractivity contribution is 5.79. The first-order valence-electron chi connectivity index (χ1n) is 8.40. The topological polar surface area (TPSA) is 37.3 Å². The molecule has 5 heteroatoms. The van der Waals surface area contributed by atoms with Crippen molar-refractivity contribution in [1.29, 1.82) is 0 Å². The van der Waals surface area contributed by atoms with Crippen LogP contribution in [-0.4, -0.2) is 11.1 Å². The fourth-order valence-corrected chi connectivity index (χ4v) is 3.35. The minimum atomic E-state index is -4.27. The van der Waals surface area contributed by atoms with Crippen molar-refractivity contribution in [2.24, 2.45) is 11.8 Å². The molecule has 132 valence electrons. The number of hydrogen-bond acceptors (Lipinski definition) is 1. The number of halogens is 3. The van der Waals surface area contributed by atoms with E-state index >= 15 is 0 Å². The van der Waals surface area contributed by atoms with Gasteiger partial charge in [-0.3, -0.25) is 0 Å². The Morgan fingerprint density at radius 2 is 1.67 bits per heavy atom. The minimum Gasteiger partial charge on any atom is -0.478 e. The van der Waals surface area contributed by atoms with Crippen LogP contribution in [0.25, 0.3) is 0 Å². The number of carboxylic acid groups (broad SMARTS) is 1. The second-order valence-electron chi connectivity index (χ2n) is 6.60. The molecule has 2 nitrogen and oxygen atoms in total. The molecule has 24 heavy (non-hydrogen) atoms. The second-order valence-corrected chi connectivity index (χ2v) is 6.60. The van der Waals surface area contributed by atoms with Crippen molar-refractivity contribution in [1.82, 2.24) is 0 Å². The molecule has 1 N–H and O–H groups in total. The smallest absolute Gasteiger partial charge is 0.416 e. The molecule has 0 aromatic heterocycles. The molecular formula is C19H23F3O2. The van der Waals surface area contributed by atoms with Gasteiger partial charge in [-0.25, -0.2) is 4.79 Å². The third-order valence-electron chi connectivity index (χ3n) is 4.82. The predicted octanol–water partition coefficient (Wildman–Crippen LogP) is 5.48. The first kappa shape index (κ1) is 18.6. The Morgan fingerprint density at radius 3 is 2.21 bits per heavy atom. The number of rotatable bonds is 6. The third kappa shape index (κ3) is 6.02. The normalized spacial score (nSPS) is 22.0. The van der Waals surface area contributed by atoms with Crippen LogP contribution in [0.1, 0.15) is 49.7 Å². The van der Waals surface area contributed by atoms with Crippen molar-refractivity contribution in [3.05, 3.63) is 47.5 Å². The van der Waals surface area contributed by atoms with Crippen LogP contribution < -0.4 is 0 Å². The summed E-state index contributed by atoms with van der Waals surface area (Å²) in [5.41, 5.74) is 0.357. The van der Waals surface area contributed by atoms with Crippen LogP contribution in [-0.2, 0) is 17.4 Å². The molecule has 0 aliphatic heterocycles. The van der Waals surface area contributed by atoms with Gasteiger partial charge in [-0.05, 0) is 61.6 Å². The van der Waals surface area contributed by atoms with E-state index in [0.717, 1.165) is 62.6 Å². The molecule has 1 aromatic rings. The zero-order valence-corrected chi connectivity index (χ0v) is 13.6. The van der Waals surface area contributed by atoms with Gasteiger partial charge in [0, 0.05) is 6.08 Å². The predicted molar refractivity (Wildman–Crippen MR) is 86.6 cm³/mol. The van der Waals surface area contributed by atoms with E-state index in [0.29, 0.717) is 11.8 Å². The van der Waals surface area contributed by atoms with Gasteiger partial charge < -0.3 is 5.11 Å². The van der Waals surface area contributed by atoms with Crippen LogP contribution in [0.5, 0.6) is 0 Å². The van der Waals surface area contributed by atoms with Crippen LogP contribution in [0, 0.1) is 11.8 Å². The van der Waals surface area contributed by atoms with Crippen molar-refractivity contribution in [3.8, 4) is 0 Å². The fraction of sp³-hybridized carbons (Fsp3) is 0.526. The van der Waals surface area contributed by atoms with Crippen LogP contribution in [0.4, 0.5) is 13.2 Å². The van der Waals surface area contributed by atoms with Crippen LogP contribution >= 0.6 is 0 Å². The lowest BCUT2D eigenvalue weighted by molar-refractivity contribution is -0.137. The summed E-state index contributed by atoms with van der Waals surface area (Å²) in [6.07, 6.45) is 5.73. The number of aliphatic carboxylic acids is 1. The summed E-state index contributed by atoms with van der Waals surface area (Å²) >= 11 is 0. The highest BCUT2D eigenvalue weighted by atomic mass is 19.4. The van der Waals surface area contributed by atoms with Gasteiger partial charge in [0.1, 0.15) is 0 Å². The number of carbonyl (C=O) groups is 1. The monoisotopic (exact) mass is 340 g/mol. The first-order valence-corrected chi connectivity index (χ1v) is 8.40. The zero-order chi connectivity index (χ0) is 17.6. The highest BCUT2D eigenvalue weighted by Crippen LogP contribution is 2.34. The molecule has 0 spiro atoms. The molecule has 1 aliphatic carbocycles. The third-order valence-corrected chi connectivity index (χ3v) is 4.82. The Kier molecular flexibility index (Phi) is 6.46. The van der Waals surface area contributed by atoms with Crippen LogP contribution in [0.3, 0.4) is 0 Å². The van der Waals surface area contributed by atoms with Crippen molar-refractivity contribution in [3.63, 3.8) is 0 Å². The van der Waals surface area contributed by atoms with Gasteiger partial charge in [0.25, 0.3) is 0 Å². The molecule has 2 rings (SSSR count). The first-order chi connectivity index (χ1) is 11.3. The minimum absolute atomic E-state index is 0.558. The fourth-order valence-electron chi connectivity index (χ4n) is 3.35. The van der Waals surface area contributed by atoms with E-state index in [1.165, 1.54) is 6.08 Å². The summed E-state index contributed by atoms with van der Waals surface area (Å²) in [6.45, 7) is 0. The van der Waals surface area contributed by atoms with Gasteiger partial charge >= 0.3 is 12.1 Å². The number of carboxylic acids is 1. The molecule has 0 unspecified atom stereocenters.